The summed E-state index contributed by atoms with van der Waals surface area (Å²) in [5.74, 6) is -1.71. The smallest absolute Gasteiger partial charge is 0.335 e. The van der Waals surface area contributed by atoms with Gasteiger partial charge in [-0.05, 0) is 12.1 Å². The number of anilines is 1. The van der Waals surface area contributed by atoms with E-state index < -0.39 is 36.4 Å². The minimum Gasteiger partial charge on any atom is -0.479 e. The van der Waals surface area contributed by atoms with E-state index in [1.807, 2.05) is 0 Å². The number of amides is 1. The van der Waals surface area contributed by atoms with Crippen LogP contribution in [0.15, 0.2) is 43.0 Å². The summed E-state index contributed by atoms with van der Waals surface area (Å²) in [5.41, 5.74) is 6.65. The largest absolute Gasteiger partial charge is 0.479 e. The summed E-state index contributed by atoms with van der Waals surface area (Å²) >= 11 is 0. The number of aliphatic hydroxyl groups excluding tert-OH is 1. The Morgan fingerprint density at radius 3 is 2.64 bits per heavy atom. The number of aromatic nitrogens is 4. The number of carboxylic acids is 1. The fourth-order valence-corrected chi connectivity index (χ4v) is 3.16. The number of ether oxygens (including phenoxy) is 1. The Morgan fingerprint density at radius 2 is 1.93 bits per heavy atom. The number of carbonyl (C=O) groups excluding carboxylic acids is 1. The van der Waals surface area contributed by atoms with Gasteiger partial charge in [0.1, 0.15) is 17.9 Å². The lowest BCUT2D eigenvalue weighted by atomic mass is 10.1. The number of carboxylic acid groups (broad SMARTS) is 1. The molecule has 28 heavy (non-hydrogen) atoms. The highest BCUT2D eigenvalue weighted by atomic mass is 16.6. The number of fused-ring (bicyclic) bond motifs is 1. The molecule has 5 N–H and O–H groups in total. The SMILES string of the molecule is Nc1ncnc2c1ncn2[C@@H]1O[C@H](C(=O)O)[C@@H](NC(=O)c2ccccc2)[C@H]1O. The number of hydrogen-bond acceptors (Lipinski definition) is 8. The molecule has 11 heteroatoms. The average Bonchev–Trinajstić information content (AvgIpc) is 3.25. The molecule has 1 amide bonds. The van der Waals surface area contributed by atoms with E-state index >= 15 is 0 Å². The highest BCUT2D eigenvalue weighted by Gasteiger charge is 2.49. The summed E-state index contributed by atoms with van der Waals surface area (Å²) in [6.07, 6.45) is -1.43. The van der Waals surface area contributed by atoms with Gasteiger partial charge in [-0.2, -0.15) is 0 Å². The Bertz CT molecular complexity index is 1040. The topological polar surface area (TPSA) is 165 Å². The van der Waals surface area contributed by atoms with Crippen molar-refractivity contribution < 1.29 is 24.5 Å². The van der Waals surface area contributed by atoms with Crippen LogP contribution in [-0.4, -0.2) is 59.9 Å². The Kier molecular flexibility index (Phi) is 4.37. The van der Waals surface area contributed by atoms with E-state index in [4.69, 9.17) is 10.5 Å². The van der Waals surface area contributed by atoms with Crippen LogP contribution < -0.4 is 11.1 Å². The number of imidazole rings is 1. The fourth-order valence-electron chi connectivity index (χ4n) is 3.16. The van der Waals surface area contributed by atoms with Gasteiger partial charge in [-0.25, -0.2) is 19.7 Å². The average molecular weight is 384 g/mol. The molecular formula is C17H16N6O5. The molecule has 0 spiro atoms. The monoisotopic (exact) mass is 384 g/mol. The van der Waals surface area contributed by atoms with Crippen LogP contribution in [0, 0.1) is 0 Å². The van der Waals surface area contributed by atoms with Crippen molar-refractivity contribution in [2.45, 2.75) is 24.5 Å². The lowest BCUT2D eigenvalue weighted by Crippen LogP contribution is -2.49. The van der Waals surface area contributed by atoms with Gasteiger partial charge in [0.25, 0.3) is 5.91 Å². The van der Waals surface area contributed by atoms with Crippen LogP contribution in [0.3, 0.4) is 0 Å². The van der Waals surface area contributed by atoms with Crippen LogP contribution >= 0.6 is 0 Å². The van der Waals surface area contributed by atoms with Gasteiger partial charge in [0.15, 0.2) is 23.8 Å². The number of nitrogen functional groups attached to an aromatic ring is 1. The van der Waals surface area contributed by atoms with E-state index in [-0.39, 0.29) is 11.5 Å². The number of nitrogens with two attached hydrogens (primary N) is 1. The zero-order chi connectivity index (χ0) is 19.8. The summed E-state index contributed by atoms with van der Waals surface area (Å²) in [6, 6.07) is 7.07. The van der Waals surface area contributed by atoms with E-state index in [9.17, 15) is 19.8 Å². The molecule has 11 nitrogen and oxygen atoms in total. The van der Waals surface area contributed by atoms with Gasteiger partial charge < -0.3 is 26.0 Å². The van der Waals surface area contributed by atoms with Gasteiger partial charge in [-0.3, -0.25) is 9.36 Å². The Balaban J connectivity index is 1.65. The number of nitrogens with zero attached hydrogens (tertiary/aromatic N) is 4. The Labute approximate surface area is 157 Å². The molecule has 4 rings (SSSR count). The maximum atomic E-state index is 12.4. The van der Waals surface area contributed by atoms with E-state index in [0.29, 0.717) is 11.1 Å². The molecule has 4 atom stereocenters. The number of rotatable bonds is 4. The first-order chi connectivity index (χ1) is 13.5. The van der Waals surface area contributed by atoms with E-state index in [1.54, 1.807) is 30.3 Å². The molecule has 1 saturated heterocycles. The highest BCUT2D eigenvalue weighted by molar-refractivity contribution is 5.94. The van der Waals surface area contributed by atoms with Crippen molar-refractivity contribution in [3.63, 3.8) is 0 Å². The second-order valence-corrected chi connectivity index (χ2v) is 6.22. The molecule has 0 unspecified atom stereocenters. The number of nitrogens with one attached hydrogen (secondary N) is 1. The summed E-state index contributed by atoms with van der Waals surface area (Å²) in [6.45, 7) is 0. The van der Waals surface area contributed by atoms with Crippen molar-refractivity contribution >= 4 is 28.9 Å². The molecule has 1 aliphatic heterocycles. The third-order valence-corrected chi connectivity index (χ3v) is 4.51. The van der Waals surface area contributed by atoms with Crippen molar-refractivity contribution in [2.24, 2.45) is 0 Å². The summed E-state index contributed by atoms with van der Waals surface area (Å²) in [7, 11) is 0. The Hall–Kier alpha value is -3.57. The van der Waals surface area contributed by atoms with Gasteiger partial charge in [0, 0.05) is 5.56 Å². The zero-order valence-electron chi connectivity index (χ0n) is 14.3. The van der Waals surface area contributed by atoms with Crippen LogP contribution in [0.2, 0.25) is 0 Å². The molecule has 0 saturated carbocycles. The second kappa shape index (κ2) is 6.87. The van der Waals surface area contributed by atoms with Crippen molar-refractivity contribution in [1.82, 2.24) is 24.8 Å². The van der Waals surface area contributed by atoms with Gasteiger partial charge in [-0.15, -0.1) is 0 Å². The maximum absolute atomic E-state index is 12.4. The van der Waals surface area contributed by atoms with E-state index in [0.717, 1.165) is 0 Å². The van der Waals surface area contributed by atoms with Crippen LogP contribution in [-0.2, 0) is 9.53 Å². The van der Waals surface area contributed by atoms with Gasteiger partial charge in [-0.1, -0.05) is 18.2 Å². The van der Waals surface area contributed by atoms with Crippen LogP contribution in [0.4, 0.5) is 5.82 Å². The first-order valence-corrected chi connectivity index (χ1v) is 8.32. The van der Waals surface area contributed by atoms with Crippen molar-refractivity contribution in [1.29, 1.82) is 0 Å². The third-order valence-electron chi connectivity index (χ3n) is 4.51. The molecule has 2 aromatic heterocycles. The molecule has 1 aromatic carbocycles. The minimum absolute atomic E-state index is 0.139. The predicted molar refractivity (Wildman–Crippen MR) is 95.0 cm³/mol. The number of benzene rings is 1. The Morgan fingerprint density at radius 1 is 1.18 bits per heavy atom. The van der Waals surface area contributed by atoms with Crippen LogP contribution in [0.25, 0.3) is 11.2 Å². The van der Waals surface area contributed by atoms with Gasteiger partial charge in [0.2, 0.25) is 0 Å². The van der Waals surface area contributed by atoms with Crippen molar-refractivity contribution in [3.8, 4) is 0 Å². The fraction of sp³-hybridized carbons (Fsp3) is 0.235. The second-order valence-electron chi connectivity index (χ2n) is 6.22. The van der Waals surface area contributed by atoms with E-state index in [1.165, 1.54) is 17.2 Å². The normalized spacial score (nSPS) is 24.3. The molecule has 144 valence electrons. The van der Waals surface area contributed by atoms with Crippen LogP contribution in [0.1, 0.15) is 16.6 Å². The number of hydrogen-bond donors (Lipinski definition) is 4. The van der Waals surface area contributed by atoms with Gasteiger partial charge >= 0.3 is 5.97 Å². The molecule has 0 bridgehead atoms. The summed E-state index contributed by atoms with van der Waals surface area (Å²) < 4.78 is 6.90. The van der Waals surface area contributed by atoms with Crippen molar-refractivity contribution in [2.75, 3.05) is 5.73 Å². The first kappa shape index (κ1) is 17.8. The molecule has 3 aromatic rings. The maximum Gasteiger partial charge on any atom is 0.335 e. The lowest BCUT2D eigenvalue weighted by Gasteiger charge is -2.20. The lowest BCUT2D eigenvalue weighted by molar-refractivity contribution is -0.152. The molecular weight excluding hydrogens is 368 g/mol. The van der Waals surface area contributed by atoms with Crippen molar-refractivity contribution in [3.05, 3.63) is 48.5 Å². The molecule has 0 radical (unpaired) electrons. The zero-order valence-corrected chi connectivity index (χ0v) is 14.3. The molecule has 1 aliphatic rings. The summed E-state index contributed by atoms with van der Waals surface area (Å²) in [4.78, 5) is 36.1. The molecule has 0 aliphatic carbocycles. The predicted octanol–water partition coefficient (Wildman–Crippen LogP) is -0.450. The number of carbonyl (C=O) groups is 2. The van der Waals surface area contributed by atoms with E-state index in [2.05, 4.69) is 20.3 Å². The molecule has 1 fully saturated rings. The number of aliphatic hydroxyl groups is 1. The quantitative estimate of drug-likeness (QED) is 0.466. The van der Waals surface area contributed by atoms with Crippen LogP contribution in [0.5, 0.6) is 0 Å². The minimum atomic E-state index is -1.47. The van der Waals surface area contributed by atoms with Gasteiger partial charge in [0.05, 0.1) is 12.4 Å². The standard InChI is InChI=1S/C17H16N6O5/c18-13-10-14(20-6-19-13)23(7-21-10)16-11(24)9(12(28-16)17(26)27)22-15(25)8-4-2-1-3-5-8/h1-7,9,11-12,16,24H,(H,22,25)(H,26,27)(H2,18,19,20)/t9-,11+,12-,16+/m0/s1. The number of aliphatic carboxylic acids is 1. The summed E-state index contributed by atoms with van der Waals surface area (Å²) in [5, 5.41) is 22.8. The first-order valence-electron chi connectivity index (χ1n) is 8.32. The third kappa shape index (κ3) is 2.92. The molecule has 3 heterocycles. The highest BCUT2D eigenvalue weighted by Crippen LogP contribution is 2.32.